The van der Waals surface area contributed by atoms with Crippen molar-refractivity contribution < 1.29 is 9.59 Å². The monoisotopic (exact) mass is 529 g/mol. The maximum Gasteiger partial charge on any atom is 0.246 e. The van der Waals surface area contributed by atoms with Crippen molar-refractivity contribution in [3.8, 4) is 17.9 Å². The molecule has 206 valence electrons. The number of nitrogens with zero attached hydrogens (tertiary/aromatic N) is 4. The fourth-order valence-electron chi connectivity index (χ4n) is 3.35. The van der Waals surface area contributed by atoms with Crippen LogP contribution in [0.15, 0.2) is 48.7 Å². The fourth-order valence-corrected chi connectivity index (χ4v) is 3.35. The van der Waals surface area contributed by atoms with E-state index in [0.29, 0.717) is 37.3 Å². The summed E-state index contributed by atoms with van der Waals surface area (Å²) in [5, 5.41) is 18.5. The molecule has 2 rings (SSSR count). The summed E-state index contributed by atoms with van der Waals surface area (Å²) in [5.74, 6) is 6.63. The van der Waals surface area contributed by atoms with Gasteiger partial charge in [0.15, 0.2) is 0 Å². The molecule has 0 aliphatic heterocycles. The summed E-state index contributed by atoms with van der Waals surface area (Å²) in [6, 6.07) is 10.7. The van der Waals surface area contributed by atoms with Crippen LogP contribution >= 0.6 is 0 Å². The largest absolute Gasteiger partial charge is 0.384 e. The van der Waals surface area contributed by atoms with Gasteiger partial charge in [-0.3, -0.25) is 9.59 Å². The zero-order valence-corrected chi connectivity index (χ0v) is 23.5. The summed E-state index contributed by atoms with van der Waals surface area (Å²) in [6.45, 7) is 5.75. The first-order valence-corrected chi connectivity index (χ1v) is 13.1. The molecule has 0 saturated carbocycles. The van der Waals surface area contributed by atoms with Gasteiger partial charge in [0.25, 0.3) is 0 Å². The van der Waals surface area contributed by atoms with Gasteiger partial charge in [0.2, 0.25) is 11.8 Å². The van der Waals surface area contributed by atoms with E-state index in [1.165, 1.54) is 11.0 Å². The Morgan fingerprint density at radius 3 is 2.56 bits per heavy atom. The fraction of sp³-hybridized carbons (Fsp3) is 0.400. The average molecular weight is 530 g/mol. The van der Waals surface area contributed by atoms with Crippen LogP contribution in [-0.2, 0) is 9.59 Å². The lowest BCUT2D eigenvalue weighted by Gasteiger charge is -2.23. The molecule has 9 nitrogen and oxygen atoms in total. The van der Waals surface area contributed by atoms with E-state index in [9.17, 15) is 9.59 Å². The van der Waals surface area contributed by atoms with E-state index in [2.05, 4.69) is 45.8 Å². The summed E-state index contributed by atoms with van der Waals surface area (Å²) >= 11 is 0. The Morgan fingerprint density at radius 1 is 1.15 bits per heavy atom. The Kier molecular flexibility index (Phi) is 13.1. The topological polar surface area (TPSA) is 113 Å². The van der Waals surface area contributed by atoms with Gasteiger partial charge in [0, 0.05) is 57.1 Å². The molecule has 1 atom stereocenters. The van der Waals surface area contributed by atoms with Gasteiger partial charge in [-0.05, 0) is 58.1 Å². The number of unbranched alkanes of at least 4 members (excludes halogenated alkanes) is 1. The Labute approximate surface area is 232 Å². The molecule has 3 N–H and O–H groups in total. The highest BCUT2D eigenvalue weighted by Crippen LogP contribution is 2.21. The molecule has 2 aromatic rings. The maximum atomic E-state index is 12.5. The van der Waals surface area contributed by atoms with Crippen molar-refractivity contribution >= 4 is 29.0 Å². The van der Waals surface area contributed by atoms with Gasteiger partial charge in [0.1, 0.15) is 11.9 Å². The van der Waals surface area contributed by atoms with Crippen LogP contribution in [0, 0.1) is 23.2 Å². The number of amides is 2. The quantitative estimate of drug-likeness (QED) is 0.206. The van der Waals surface area contributed by atoms with Gasteiger partial charge in [-0.25, -0.2) is 4.98 Å². The van der Waals surface area contributed by atoms with E-state index >= 15 is 0 Å². The molecule has 2 amide bonds. The molecule has 0 saturated heterocycles. The number of nitrogens with one attached hydrogen (secondary N) is 3. The van der Waals surface area contributed by atoms with Gasteiger partial charge >= 0.3 is 0 Å². The van der Waals surface area contributed by atoms with Crippen LogP contribution in [0.25, 0.3) is 0 Å². The zero-order valence-electron chi connectivity index (χ0n) is 23.5. The molecule has 0 fully saturated rings. The number of nitriles is 1. The predicted molar refractivity (Wildman–Crippen MR) is 157 cm³/mol. The third-order valence-electron chi connectivity index (χ3n) is 5.80. The third-order valence-corrected chi connectivity index (χ3v) is 5.80. The lowest BCUT2D eigenvalue weighted by molar-refractivity contribution is -0.135. The summed E-state index contributed by atoms with van der Waals surface area (Å²) in [5.41, 5.74) is 3.14. The molecule has 0 unspecified atom stereocenters. The van der Waals surface area contributed by atoms with Crippen LogP contribution in [0.4, 0.5) is 17.2 Å². The Balaban J connectivity index is 1.88. The number of carbonyl (C=O) groups is 2. The second-order valence-electron chi connectivity index (χ2n) is 9.34. The average Bonchev–Trinajstić information content (AvgIpc) is 2.93. The van der Waals surface area contributed by atoms with Crippen molar-refractivity contribution in [2.75, 3.05) is 51.4 Å². The number of hydrogen-bond donors (Lipinski definition) is 3. The van der Waals surface area contributed by atoms with Crippen LogP contribution in [-0.4, -0.2) is 73.4 Å². The predicted octanol–water partition coefficient (Wildman–Crippen LogP) is 3.73. The zero-order chi connectivity index (χ0) is 28.6. The molecule has 0 spiro atoms. The number of anilines is 3. The van der Waals surface area contributed by atoms with E-state index in [0.717, 1.165) is 29.9 Å². The minimum atomic E-state index is -0.567. The number of carbonyl (C=O) groups excluding carboxylic acids is 2. The molecule has 1 heterocycles. The van der Waals surface area contributed by atoms with Gasteiger partial charge in [-0.15, -0.1) is 0 Å². The highest BCUT2D eigenvalue weighted by Gasteiger charge is 2.20. The number of aromatic nitrogens is 1. The van der Waals surface area contributed by atoms with E-state index < -0.39 is 6.04 Å². The number of benzene rings is 1. The van der Waals surface area contributed by atoms with Gasteiger partial charge in [-0.2, -0.15) is 5.26 Å². The van der Waals surface area contributed by atoms with Crippen molar-refractivity contribution in [3.05, 3.63) is 59.8 Å². The summed E-state index contributed by atoms with van der Waals surface area (Å²) in [6.07, 6.45) is 7.28. The molecule has 1 aromatic heterocycles. The molecular formula is C30H39N7O2. The van der Waals surface area contributed by atoms with Gasteiger partial charge in [0.05, 0.1) is 22.9 Å². The lowest BCUT2D eigenvalue weighted by atomic mass is 10.2. The van der Waals surface area contributed by atoms with Crippen LogP contribution < -0.4 is 16.0 Å². The number of rotatable bonds is 13. The minimum absolute atomic E-state index is 0.194. The SMILES string of the molecule is CCCNc1cc(Nc2ccc(C#N)cc2)ncc1C#CCCCNC(=O)[C@H](C)N(C)C(=O)C=CCN(C)C. The Morgan fingerprint density at radius 2 is 1.90 bits per heavy atom. The summed E-state index contributed by atoms with van der Waals surface area (Å²) in [7, 11) is 5.47. The number of likely N-dealkylation sites (N-methyl/N-ethyl adjacent to an activating group) is 2. The Bertz CT molecular complexity index is 1220. The summed E-state index contributed by atoms with van der Waals surface area (Å²) in [4.78, 5) is 32.6. The highest BCUT2D eigenvalue weighted by atomic mass is 16.2. The normalized spacial score (nSPS) is 11.3. The maximum absolute atomic E-state index is 12.5. The molecule has 0 aliphatic carbocycles. The molecule has 0 radical (unpaired) electrons. The molecule has 0 bridgehead atoms. The first-order chi connectivity index (χ1) is 18.7. The second-order valence-corrected chi connectivity index (χ2v) is 9.34. The van der Waals surface area contributed by atoms with Crippen molar-refractivity contribution in [3.63, 3.8) is 0 Å². The Hall–Kier alpha value is -4.34. The van der Waals surface area contributed by atoms with Crippen LogP contribution in [0.2, 0.25) is 0 Å². The van der Waals surface area contributed by atoms with Gasteiger partial charge in [-0.1, -0.05) is 24.8 Å². The highest BCUT2D eigenvalue weighted by molar-refractivity contribution is 5.92. The van der Waals surface area contributed by atoms with E-state index in [1.54, 1.807) is 38.4 Å². The van der Waals surface area contributed by atoms with E-state index in [-0.39, 0.29) is 11.8 Å². The first kappa shape index (κ1) is 30.9. The molecule has 39 heavy (non-hydrogen) atoms. The lowest BCUT2D eigenvalue weighted by Crippen LogP contribution is -2.45. The van der Waals surface area contributed by atoms with Crippen LogP contribution in [0.5, 0.6) is 0 Å². The third kappa shape index (κ3) is 10.9. The van der Waals surface area contributed by atoms with Crippen molar-refractivity contribution in [2.24, 2.45) is 0 Å². The smallest absolute Gasteiger partial charge is 0.246 e. The molecular weight excluding hydrogens is 490 g/mol. The number of pyridine rings is 1. The number of hydrogen-bond acceptors (Lipinski definition) is 7. The van der Waals surface area contributed by atoms with Crippen molar-refractivity contribution in [1.29, 1.82) is 5.26 Å². The van der Waals surface area contributed by atoms with Gasteiger partial charge < -0.3 is 25.8 Å². The van der Waals surface area contributed by atoms with E-state index in [1.807, 2.05) is 37.2 Å². The first-order valence-electron chi connectivity index (χ1n) is 13.1. The van der Waals surface area contributed by atoms with Crippen LogP contribution in [0.1, 0.15) is 44.2 Å². The van der Waals surface area contributed by atoms with Crippen molar-refractivity contribution in [1.82, 2.24) is 20.1 Å². The van der Waals surface area contributed by atoms with Crippen LogP contribution in [0.3, 0.4) is 0 Å². The van der Waals surface area contributed by atoms with E-state index in [4.69, 9.17) is 5.26 Å². The standard InChI is InChI=1S/C30H39N7O2/c1-6-17-32-27-20-28(35-26-15-13-24(21-31)14-16-26)34-22-25(27)11-8-7-9-18-33-30(39)23(2)37(5)29(38)12-10-19-36(3)4/h10,12-16,20,22-23H,6-7,9,17-19H2,1-5H3,(H,33,39)(H2,32,34,35)/t23-/m0/s1. The summed E-state index contributed by atoms with van der Waals surface area (Å²) < 4.78 is 0. The molecule has 1 aromatic carbocycles. The van der Waals surface area contributed by atoms with Crippen molar-refractivity contribution in [2.45, 2.75) is 39.2 Å². The second kappa shape index (κ2) is 16.5. The minimum Gasteiger partial charge on any atom is -0.384 e. The molecule has 0 aliphatic rings. The molecule has 9 heteroatoms.